The third-order valence-electron chi connectivity index (χ3n) is 5.04. The van der Waals surface area contributed by atoms with E-state index in [0.717, 1.165) is 19.0 Å². The van der Waals surface area contributed by atoms with Gasteiger partial charge in [0.1, 0.15) is 5.82 Å². The lowest BCUT2D eigenvalue weighted by Gasteiger charge is -2.32. The molecule has 116 valence electrons. The first-order valence-corrected chi connectivity index (χ1v) is 8.61. The first-order valence-electron chi connectivity index (χ1n) is 8.61. The Balaban J connectivity index is 1.76. The molecule has 0 bridgehead atoms. The Bertz CT molecular complexity index is 682. The molecule has 0 unspecified atom stereocenters. The molecule has 1 aliphatic heterocycles. The van der Waals surface area contributed by atoms with Gasteiger partial charge in [0, 0.05) is 29.9 Å². The second-order valence-corrected chi connectivity index (χ2v) is 7.13. The van der Waals surface area contributed by atoms with Crippen LogP contribution in [0.15, 0.2) is 24.4 Å². The molecular formula is C19H25N3. The van der Waals surface area contributed by atoms with Gasteiger partial charge in [-0.15, -0.1) is 0 Å². The topological polar surface area (TPSA) is 28.2 Å². The zero-order chi connectivity index (χ0) is 15.1. The van der Waals surface area contributed by atoms with Crippen LogP contribution in [0.3, 0.4) is 0 Å². The summed E-state index contributed by atoms with van der Waals surface area (Å²) in [4.78, 5) is 7.32. The third kappa shape index (κ3) is 2.65. The Morgan fingerprint density at radius 2 is 1.86 bits per heavy atom. The second kappa shape index (κ2) is 5.45. The van der Waals surface area contributed by atoms with Crippen molar-refractivity contribution in [3.05, 3.63) is 30.0 Å². The molecule has 4 rings (SSSR count). The Hall–Kier alpha value is -1.77. The van der Waals surface area contributed by atoms with Gasteiger partial charge in [-0.1, -0.05) is 24.6 Å². The lowest BCUT2D eigenvalue weighted by molar-refractivity contribution is 0.437. The fourth-order valence-electron chi connectivity index (χ4n) is 3.38. The number of nitrogens with one attached hydrogen (secondary N) is 1. The number of anilines is 2. The van der Waals surface area contributed by atoms with Crippen molar-refractivity contribution in [1.82, 2.24) is 4.98 Å². The fraction of sp³-hybridized carbons (Fsp3) is 0.526. The Morgan fingerprint density at radius 3 is 2.59 bits per heavy atom. The van der Waals surface area contributed by atoms with Crippen LogP contribution in [0.2, 0.25) is 0 Å². The number of hydrogen-bond acceptors (Lipinski definition) is 3. The molecule has 1 aromatic heterocycles. The van der Waals surface area contributed by atoms with E-state index in [-0.39, 0.29) is 0 Å². The summed E-state index contributed by atoms with van der Waals surface area (Å²) in [7, 11) is 0. The quantitative estimate of drug-likeness (QED) is 0.912. The molecule has 0 spiro atoms. The van der Waals surface area contributed by atoms with E-state index >= 15 is 0 Å². The smallest absolute Gasteiger partial charge is 0.136 e. The molecule has 2 heterocycles. The molecule has 1 saturated carbocycles. The molecular weight excluding hydrogens is 270 g/mol. The van der Waals surface area contributed by atoms with Crippen LogP contribution in [-0.2, 0) is 0 Å². The van der Waals surface area contributed by atoms with E-state index in [9.17, 15) is 0 Å². The lowest BCUT2D eigenvalue weighted by atomic mass is 9.98. The highest BCUT2D eigenvalue weighted by Crippen LogP contribution is 2.35. The summed E-state index contributed by atoms with van der Waals surface area (Å²) in [5, 5.41) is 6.26. The molecule has 1 aliphatic carbocycles. The molecule has 22 heavy (non-hydrogen) atoms. The maximum absolute atomic E-state index is 4.84. The highest BCUT2D eigenvalue weighted by molar-refractivity contribution is 6.00. The summed E-state index contributed by atoms with van der Waals surface area (Å²) >= 11 is 0. The lowest BCUT2D eigenvalue weighted by Crippen LogP contribution is -2.33. The molecule has 2 aromatic rings. The number of benzene rings is 1. The van der Waals surface area contributed by atoms with E-state index in [1.165, 1.54) is 53.5 Å². The Labute approximate surface area is 132 Å². The van der Waals surface area contributed by atoms with Gasteiger partial charge in [0.2, 0.25) is 0 Å². The number of nitrogens with zero attached hydrogens (tertiary/aromatic N) is 2. The number of rotatable bonds is 3. The minimum Gasteiger partial charge on any atom is -0.381 e. The highest BCUT2D eigenvalue weighted by atomic mass is 15.2. The van der Waals surface area contributed by atoms with Crippen LogP contribution in [0.25, 0.3) is 10.8 Å². The van der Waals surface area contributed by atoms with Crippen molar-refractivity contribution in [3.8, 4) is 0 Å². The van der Waals surface area contributed by atoms with Crippen molar-refractivity contribution in [1.29, 1.82) is 0 Å². The van der Waals surface area contributed by atoms with Gasteiger partial charge in [0.25, 0.3) is 0 Å². The highest BCUT2D eigenvalue weighted by Gasteiger charge is 2.23. The summed E-state index contributed by atoms with van der Waals surface area (Å²) < 4.78 is 0. The SMILES string of the molecule is Cc1ccc2c(NC3CC3)cnc(N3CCC(C)CC3)c2c1. The first-order chi connectivity index (χ1) is 10.7. The minimum absolute atomic E-state index is 0.660. The summed E-state index contributed by atoms with van der Waals surface area (Å²) in [5.74, 6) is 2.02. The van der Waals surface area contributed by atoms with E-state index in [4.69, 9.17) is 4.98 Å². The van der Waals surface area contributed by atoms with Crippen molar-refractivity contribution >= 4 is 22.3 Å². The Kier molecular flexibility index (Phi) is 3.44. The molecule has 1 aromatic carbocycles. The van der Waals surface area contributed by atoms with E-state index in [2.05, 4.69) is 42.3 Å². The number of pyridine rings is 1. The maximum Gasteiger partial charge on any atom is 0.136 e. The average Bonchev–Trinajstić information content (AvgIpc) is 3.32. The number of fused-ring (bicyclic) bond motifs is 1. The summed E-state index contributed by atoms with van der Waals surface area (Å²) in [6, 6.07) is 7.43. The zero-order valence-electron chi connectivity index (χ0n) is 13.6. The molecule has 2 fully saturated rings. The van der Waals surface area contributed by atoms with Crippen LogP contribution in [0, 0.1) is 12.8 Å². The summed E-state index contributed by atoms with van der Waals surface area (Å²) in [5.41, 5.74) is 2.51. The van der Waals surface area contributed by atoms with Crippen LogP contribution >= 0.6 is 0 Å². The van der Waals surface area contributed by atoms with Crippen LogP contribution < -0.4 is 10.2 Å². The van der Waals surface area contributed by atoms with Crippen LogP contribution in [-0.4, -0.2) is 24.1 Å². The van der Waals surface area contributed by atoms with Gasteiger partial charge in [0.05, 0.1) is 11.9 Å². The van der Waals surface area contributed by atoms with Gasteiger partial charge in [-0.05, 0) is 44.6 Å². The van der Waals surface area contributed by atoms with E-state index in [0.29, 0.717) is 6.04 Å². The van der Waals surface area contributed by atoms with Crippen molar-refractivity contribution in [2.45, 2.75) is 45.6 Å². The number of piperidine rings is 1. The molecule has 3 nitrogen and oxygen atoms in total. The maximum atomic E-state index is 4.84. The number of aromatic nitrogens is 1. The van der Waals surface area contributed by atoms with Crippen LogP contribution in [0.4, 0.5) is 11.5 Å². The average molecular weight is 295 g/mol. The van der Waals surface area contributed by atoms with Gasteiger partial charge in [0.15, 0.2) is 0 Å². The summed E-state index contributed by atoms with van der Waals surface area (Å²) in [6.07, 6.45) is 7.18. The summed E-state index contributed by atoms with van der Waals surface area (Å²) in [6.45, 7) is 6.79. The predicted molar refractivity (Wildman–Crippen MR) is 93.7 cm³/mol. The largest absolute Gasteiger partial charge is 0.381 e. The number of aryl methyl sites for hydroxylation is 1. The monoisotopic (exact) mass is 295 g/mol. The molecule has 0 amide bonds. The fourth-order valence-corrected chi connectivity index (χ4v) is 3.38. The number of hydrogen-bond donors (Lipinski definition) is 1. The zero-order valence-corrected chi connectivity index (χ0v) is 13.6. The van der Waals surface area contributed by atoms with E-state index in [1.807, 2.05) is 6.20 Å². The molecule has 3 heteroatoms. The second-order valence-electron chi connectivity index (χ2n) is 7.13. The minimum atomic E-state index is 0.660. The molecule has 1 N–H and O–H groups in total. The standard InChI is InChI=1S/C19H25N3/c1-13-7-9-22(10-8-13)19-17-11-14(2)3-6-16(17)18(12-20-19)21-15-4-5-15/h3,6,11-13,15,21H,4-5,7-10H2,1-2H3. The Morgan fingerprint density at radius 1 is 1.09 bits per heavy atom. The van der Waals surface area contributed by atoms with Gasteiger partial charge >= 0.3 is 0 Å². The van der Waals surface area contributed by atoms with Gasteiger partial charge in [-0.3, -0.25) is 0 Å². The normalized spacial score (nSPS) is 19.6. The van der Waals surface area contributed by atoms with Crippen LogP contribution in [0.1, 0.15) is 38.2 Å². The van der Waals surface area contributed by atoms with E-state index in [1.54, 1.807) is 0 Å². The van der Waals surface area contributed by atoms with Crippen molar-refractivity contribution in [2.75, 3.05) is 23.3 Å². The first kappa shape index (κ1) is 13.9. The van der Waals surface area contributed by atoms with Gasteiger partial charge in [-0.2, -0.15) is 0 Å². The predicted octanol–water partition coefficient (Wildman–Crippen LogP) is 4.35. The van der Waals surface area contributed by atoms with E-state index < -0.39 is 0 Å². The van der Waals surface area contributed by atoms with Gasteiger partial charge < -0.3 is 10.2 Å². The van der Waals surface area contributed by atoms with Crippen molar-refractivity contribution in [2.24, 2.45) is 5.92 Å². The molecule has 0 radical (unpaired) electrons. The third-order valence-corrected chi connectivity index (χ3v) is 5.04. The van der Waals surface area contributed by atoms with Crippen LogP contribution in [0.5, 0.6) is 0 Å². The van der Waals surface area contributed by atoms with Crippen molar-refractivity contribution < 1.29 is 0 Å². The molecule has 2 aliphatic rings. The molecule has 0 atom stereocenters. The molecule has 1 saturated heterocycles. The van der Waals surface area contributed by atoms with Crippen molar-refractivity contribution in [3.63, 3.8) is 0 Å². The van der Waals surface area contributed by atoms with Gasteiger partial charge in [-0.25, -0.2) is 4.98 Å².